The normalized spacial score (nSPS) is 22.1. The van der Waals surface area contributed by atoms with Gasteiger partial charge in [-0.05, 0) is 38.8 Å². The summed E-state index contributed by atoms with van der Waals surface area (Å²) in [5.41, 5.74) is 0. The summed E-state index contributed by atoms with van der Waals surface area (Å²) in [6.45, 7) is 6.26. The highest BCUT2D eigenvalue weighted by molar-refractivity contribution is 5.89. The summed E-state index contributed by atoms with van der Waals surface area (Å²) < 4.78 is 0. The molecule has 2 heterocycles. The molecule has 0 aromatic heterocycles. The highest BCUT2D eigenvalue weighted by atomic mass is 16.3. The maximum Gasteiger partial charge on any atom is 0.248 e. The summed E-state index contributed by atoms with van der Waals surface area (Å²) in [5.74, 6) is 3.11. The van der Waals surface area contributed by atoms with Gasteiger partial charge in [0, 0.05) is 32.1 Å². The lowest BCUT2D eigenvalue weighted by molar-refractivity contribution is -0.137. The molecule has 0 aromatic rings. The van der Waals surface area contributed by atoms with Crippen LogP contribution in [0.2, 0.25) is 0 Å². The summed E-state index contributed by atoms with van der Waals surface area (Å²) >= 11 is 0. The Morgan fingerprint density at radius 1 is 1.56 bits per heavy atom. The van der Waals surface area contributed by atoms with Crippen LogP contribution in [0.4, 0.5) is 0 Å². The van der Waals surface area contributed by atoms with Crippen molar-refractivity contribution in [3.63, 3.8) is 0 Å². The number of carbonyl (C=O) groups excluding carboxylic acids is 1. The molecule has 2 rings (SSSR count). The van der Waals surface area contributed by atoms with E-state index in [4.69, 9.17) is 0 Å². The molecule has 0 spiro atoms. The van der Waals surface area contributed by atoms with E-state index in [1.54, 1.807) is 13.3 Å². The molecule has 1 atom stereocenters. The van der Waals surface area contributed by atoms with Crippen LogP contribution in [0.5, 0.6) is 0 Å². The molecular weight excluding hydrogens is 342 g/mol. The first-order valence-corrected chi connectivity index (χ1v) is 9.63. The van der Waals surface area contributed by atoms with E-state index in [0.29, 0.717) is 13.2 Å². The number of aliphatic hydroxyl groups is 1. The molecule has 2 N–H and O–H groups in total. The highest BCUT2D eigenvalue weighted by Crippen LogP contribution is 2.18. The fourth-order valence-corrected chi connectivity index (χ4v) is 3.22. The van der Waals surface area contributed by atoms with Gasteiger partial charge in [-0.15, -0.1) is 12.3 Å². The van der Waals surface area contributed by atoms with Crippen LogP contribution in [0.15, 0.2) is 22.3 Å². The molecule has 1 saturated heterocycles. The summed E-state index contributed by atoms with van der Waals surface area (Å²) in [7, 11) is 0. The Morgan fingerprint density at radius 3 is 3.04 bits per heavy atom. The van der Waals surface area contributed by atoms with E-state index in [-0.39, 0.29) is 11.9 Å². The highest BCUT2D eigenvalue weighted by Gasteiger charge is 2.28. The minimum absolute atomic E-state index is 0.144. The van der Waals surface area contributed by atoms with E-state index in [1.807, 2.05) is 11.1 Å². The van der Waals surface area contributed by atoms with E-state index in [0.717, 1.165) is 51.0 Å². The predicted octanol–water partition coefficient (Wildman–Crippen LogP) is 1.60. The monoisotopic (exact) mass is 375 g/mol. The molecule has 1 amide bonds. The standard InChI is InChI=1S/C17H29N5O2.C3H4/c1-2-9-22(17(24)12-23)15-6-5-10-21(11-15)16-7-3-4-8-18-13-19-14-20-16;1-3-2/h4,8,14-15,18,23H,2-3,5-7,9-13H2,1H3;1H,2H3/b8-4-,19-14-,20-16?;. The number of carbonyl (C=O) groups is 1. The number of aliphatic imine (C=N–C) groups is 2. The van der Waals surface area contributed by atoms with Gasteiger partial charge in [-0.3, -0.25) is 9.79 Å². The Hall–Kier alpha value is -2.33. The molecule has 0 aromatic carbocycles. The number of nitrogens with zero attached hydrogens (tertiary/aromatic N) is 4. The number of allylic oxidation sites excluding steroid dienone is 1. The SMILES string of the molecule is C#CC.CCCN(C(=O)CO)C1CCCN(C2=N/C=N\CN/C=C\CC2)C1. The number of amidine groups is 1. The fraction of sp³-hybridized carbons (Fsp3) is 0.650. The molecule has 150 valence electrons. The molecular formula is C20H33N5O2. The van der Waals surface area contributed by atoms with Gasteiger partial charge in [0.15, 0.2) is 0 Å². The lowest BCUT2D eigenvalue weighted by atomic mass is 10.0. The van der Waals surface area contributed by atoms with Crippen LogP contribution in [0.1, 0.15) is 46.0 Å². The van der Waals surface area contributed by atoms with Crippen molar-refractivity contribution in [3.05, 3.63) is 12.3 Å². The Morgan fingerprint density at radius 2 is 2.33 bits per heavy atom. The van der Waals surface area contributed by atoms with Crippen molar-refractivity contribution in [3.8, 4) is 12.3 Å². The predicted molar refractivity (Wildman–Crippen MR) is 110 cm³/mol. The second kappa shape index (κ2) is 13.8. The van der Waals surface area contributed by atoms with Gasteiger partial charge in [0.05, 0.1) is 0 Å². The van der Waals surface area contributed by atoms with Crippen LogP contribution in [-0.2, 0) is 4.79 Å². The largest absolute Gasteiger partial charge is 0.387 e. The zero-order chi connectivity index (χ0) is 19.9. The number of likely N-dealkylation sites (tertiary alicyclic amines) is 1. The quantitative estimate of drug-likeness (QED) is 0.732. The van der Waals surface area contributed by atoms with E-state index in [1.165, 1.54) is 0 Å². The lowest BCUT2D eigenvalue weighted by Crippen LogP contribution is -2.52. The summed E-state index contributed by atoms with van der Waals surface area (Å²) in [6.07, 6.45) is 14.9. The first-order valence-electron chi connectivity index (χ1n) is 9.63. The van der Waals surface area contributed by atoms with Gasteiger partial charge in [-0.1, -0.05) is 13.0 Å². The molecule has 7 heteroatoms. The molecule has 0 bridgehead atoms. The molecule has 0 aliphatic carbocycles. The van der Waals surface area contributed by atoms with Crippen molar-refractivity contribution >= 4 is 18.1 Å². The van der Waals surface area contributed by atoms with Crippen molar-refractivity contribution in [2.45, 2.75) is 52.0 Å². The van der Waals surface area contributed by atoms with Crippen LogP contribution < -0.4 is 5.32 Å². The zero-order valence-electron chi connectivity index (χ0n) is 16.6. The first kappa shape index (κ1) is 22.7. The van der Waals surface area contributed by atoms with Crippen LogP contribution in [0.3, 0.4) is 0 Å². The van der Waals surface area contributed by atoms with Crippen molar-refractivity contribution < 1.29 is 9.90 Å². The summed E-state index contributed by atoms with van der Waals surface area (Å²) in [4.78, 5) is 24.9. The number of nitrogens with one attached hydrogen (secondary N) is 1. The maximum atomic E-state index is 12.1. The molecule has 0 saturated carbocycles. The smallest absolute Gasteiger partial charge is 0.248 e. The molecule has 7 nitrogen and oxygen atoms in total. The number of aliphatic hydroxyl groups excluding tert-OH is 1. The van der Waals surface area contributed by atoms with Gasteiger partial charge in [-0.2, -0.15) is 0 Å². The van der Waals surface area contributed by atoms with Gasteiger partial charge in [0.1, 0.15) is 25.4 Å². The number of rotatable bonds is 4. The van der Waals surface area contributed by atoms with Gasteiger partial charge in [-0.25, -0.2) is 4.99 Å². The molecule has 0 radical (unpaired) electrons. The molecule has 1 fully saturated rings. The molecule has 2 aliphatic rings. The molecule has 1 unspecified atom stereocenters. The number of terminal acetylenes is 1. The third kappa shape index (κ3) is 8.27. The van der Waals surface area contributed by atoms with Crippen LogP contribution >= 0.6 is 0 Å². The van der Waals surface area contributed by atoms with Gasteiger partial charge < -0.3 is 20.2 Å². The maximum absolute atomic E-state index is 12.1. The summed E-state index contributed by atoms with van der Waals surface area (Å²) in [5, 5.41) is 12.3. The van der Waals surface area contributed by atoms with Gasteiger partial charge >= 0.3 is 0 Å². The lowest BCUT2D eigenvalue weighted by Gasteiger charge is -2.40. The van der Waals surface area contributed by atoms with E-state index in [9.17, 15) is 9.90 Å². The summed E-state index contributed by atoms with van der Waals surface area (Å²) in [6, 6.07) is 0.144. The van der Waals surface area contributed by atoms with Gasteiger partial charge in [0.2, 0.25) is 5.91 Å². The Labute approximate surface area is 163 Å². The van der Waals surface area contributed by atoms with Crippen molar-refractivity contribution in [2.75, 3.05) is 32.9 Å². The van der Waals surface area contributed by atoms with Crippen molar-refractivity contribution in [2.24, 2.45) is 9.98 Å². The fourth-order valence-electron chi connectivity index (χ4n) is 3.22. The Balaban J connectivity index is 0.00000114. The van der Waals surface area contributed by atoms with Gasteiger partial charge in [0.25, 0.3) is 0 Å². The average molecular weight is 376 g/mol. The zero-order valence-corrected chi connectivity index (χ0v) is 16.6. The topological polar surface area (TPSA) is 80.5 Å². The molecule has 27 heavy (non-hydrogen) atoms. The average Bonchev–Trinajstić information content (AvgIpc) is 2.70. The van der Waals surface area contributed by atoms with Crippen LogP contribution in [-0.4, -0.2) is 71.9 Å². The minimum Gasteiger partial charge on any atom is -0.387 e. The number of piperidine rings is 1. The number of hydrogen-bond donors (Lipinski definition) is 2. The number of amides is 1. The van der Waals surface area contributed by atoms with Crippen molar-refractivity contribution in [1.29, 1.82) is 0 Å². The number of hydrogen-bond acceptors (Lipinski definition) is 6. The third-order valence-electron chi connectivity index (χ3n) is 4.36. The second-order valence-corrected chi connectivity index (χ2v) is 6.42. The van der Waals surface area contributed by atoms with E-state index < -0.39 is 6.61 Å². The second-order valence-electron chi connectivity index (χ2n) is 6.42. The Kier molecular flexibility index (Phi) is 11.6. The van der Waals surface area contributed by atoms with Crippen LogP contribution in [0, 0.1) is 12.3 Å². The Bertz CT molecular complexity index is 565. The van der Waals surface area contributed by atoms with E-state index in [2.05, 4.69) is 45.5 Å². The van der Waals surface area contributed by atoms with Crippen LogP contribution in [0.25, 0.3) is 0 Å². The minimum atomic E-state index is -0.415. The first-order chi connectivity index (χ1) is 13.2. The third-order valence-corrected chi connectivity index (χ3v) is 4.36. The van der Waals surface area contributed by atoms with E-state index >= 15 is 0 Å². The van der Waals surface area contributed by atoms with Crippen molar-refractivity contribution in [1.82, 2.24) is 15.1 Å². The molecule has 2 aliphatic heterocycles.